The number of aromatic nitrogens is 3. The summed E-state index contributed by atoms with van der Waals surface area (Å²) in [6.07, 6.45) is 6.08. The second kappa shape index (κ2) is 5.71. The molecule has 1 aliphatic heterocycles. The molecule has 21 heavy (non-hydrogen) atoms. The van der Waals surface area contributed by atoms with Crippen molar-refractivity contribution < 1.29 is 9.90 Å². The van der Waals surface area contributed by atoms with Crippen LogP contribution in [0.1, 0.15) is 26.2 Å². The number of rotatable bonds is 4. The van der Waals surface area contributed by atoms with E-state index in [0.29, 0.717) is 5.92 Å². The molecule has 1 saturated heterocycles. The zero-order chi connectivity index (χ0) is 14.8. The second-order valence-electron chi connectivity index (χ2n) is 5.84. The standard InChI is InChI=1S/C15H20N4O2/c1-11(9-15(20)21)12-3-2-7-18(10-12)13-5-8-19-14(17-13)4-6-16-19/h4-6,8,11-12H,2-3,7,9-10H2,1H3,(H,20,21). The van der Waals surface area contributed by atoms with Gasteiger partial charge in [-0.3, -0.25) is 4.79 Å². The van der Waals surface area contributed by atoms with Crippen molar-refractivity contribution in [1.29, 1.82) is 0 Å². The number of piperidine rings is 1. The zero-order valence-corrected chi connectivity index (χ0v) is 12.1. The van der Waals surface area contributed by atoms with Crippen LogP contribution < -0.4 is 4.90 Å². The van der Waals surface area contributed by atoms with Crippen LogP contribution in [-0.4, -0.2) is 38.8 Å². The van der Waals surface area contributed by atoms with Gasteiger partial charge < -0.3 is 10.0 Å². The van der Waals surface area contributed by atoms with Crippen LogP contribution >= 0.6 is 0 Å². The fourth-order valence-corrected chi connectivity index (χ4v) is 3.10. The summed E-state index contributed by atoms with van der Waals surface area (Å²) >= 11 is 0. The molecule has 0 saturated carbocycles. The summed E-state index contributed by atoms with van der Waals surface area (Å²) < 4.78 is 1.75. The average molecular weight is 288 g/mol. The lowest BCUT2D eigenvalue weighted by molar-refractivity contribution is -0.138. The first kappa shape index (κ1) is 13.9. The van der Waals surface area contributed by atoms with Gasteiger partial charge in [-0.05, 0) is 30.7 Å². The molecule has 3 heterocycles. The molecular formula is C15H20N4O2. The Hall–Kier alpha value is -2.11. The third-order valence-corrected chi connectivity index (χ3v) is 4.33. The molecule has 2 atom stereocenters. The van der Waals surface area contributed by atoms with Crippen molar-refractivity contribution >= 4 is 17.4 Å². The highest BCUT2D eigenvalue weighted by molar-refractivity contribution is 5.67. The maximum atomic E-state index is 10.9. The molecule has 6 heteroatoms. The summed E-state index contributed by atoms with van der Waals surface area (Å²) in [7, 11) is 0. The highest BCUT2D eigenvalue weighted by Crippen LogP contribution is 2.28. The van der Waals surface area contributed by atoms with Gasteiger partial charge in [0.05, 0.1) is 6.20 Å². The summed E-state index contributed by atoms with van der Waals surface area (Å²) in [6, 6.07) is 3.86. The molecule has 2 unspecified atom stereocenters. The number of hydrogen-bond acceptors (Lipinski definition) is 4. The summed E-state index contributed by atoms with van der Waals surface area (Å²) in [5.74, 6) is 0.857. The molecule has 1 fully saturated rings. The zero-order valence-electron chi connectivity index (χ0n) is 12.1. The lowest BCUT2D eigenvalue weighted by atomic mass is 9.84. The van der Waals surface area contributed by atoms with E-state index in [1.165, 1.54) is 0 Å². The van der Waals surface area contributed by atoms with Gasteiger partial charge in [-0.1, -0.05) is 6.92 Å². The number of carbonyl (C=O) groups is 1. The number of carboxylic acids is 1. The second-order valence-corrected chi connectivity index (χ2v) is 5.84. The number of nitrogens with zero attached hydrogens (tertiary/aromatic N) is 4. The third kappa shape index (κ3) is 2.99. The fourth-order valence-electron chi connectivity index (χ4n) is 3.10. The van der Waals surface area contributed by atoms with Crippen molar-refractivity contribution in [1.82, 2.24) is 14.6 Å². The molecule has 2 aromatic rings. The van der Waals surface area contributed by atoms with Crippen LogP contribution in [0.25, 0.3) is 5.65 Å². The van der Waals surface area contributed by atoms with Crippen molar-refractivity contribution in [3.63, 3.8) is 0 Å². The molecule has 0 spiro atoms. The largest absolute Gasteiger partial charge is 0.481 e. The minimum absolute atomic E-state index is 0.198. The number of aliphatic carboxylic acids is 1. The Balaban J connectivity index is 1.74. The van der Waals surface area contributed by atoms with Gasteiger partial charge in [0, 0.05) is 31.8 Å². The van der Waals surface area contributed by atoms with Crippen LogP contribution in [0.5, 0.6) is 0 Å². The molecule has 0 aliphatic carbocycles. The molecule has 112 valence electrons. The lowest BCUT2D eigenvalue weighted by Gasteiger charge is -2.36. The van der Waals surface area contributed by atoms with Crippen molar-refractivity contribution in [2.75, 3.05) is 18.0 Å². The number of anilines is 1. The fraction of sp³-hybridized carbons (Fsp3) is 0.533. The topological polar surface area (TPSA) is 70.7 Å². The molecule has 0 aromatic carbocycles. The van der Waals surface area contributed by atoms with Crippen LogP contribution in [0.15, 0.2) is 24.5 Å². The normalized spacial score (nSPS) is 20.6. The van der Waals surface area contributed by atoms with Crippen molar-refractivity contribution in [2.45, 2.75) is 26.2 Å². The molecule has 2 aromatic heterocycles. The van der Waals surface area contributed by atoms with Crippen LogP contribution in [0.3, 0.4) is 0 Å². The summed E-state index contributed by atoms with van der Waals surface area (Å²) in [4.78, 5) is 17.8. The van der Waals surface area contributed by atoms with E-state index in [-0.39, 0.29) is 12.3 Å². The van der Waals surface area contributed by atoms with Gasteiger partial charge in [-0.2, -0.15) is 5.10 Å². The molecule has 0 bridgehead atoms. The van der Waals surface area contributed by atoms with E-state index in [4.69, 9.17) is 5.11 Å². The third-order valence-electron chi connectivity index (χ3n) is 4.33. The predicted octanol–water partition coefficient (Wildman–Crippen LogP) is 2.06. The Morgan fingerprint density at radius 2 is 2.38 bits per heavy atom. The molecule has 0 amide bonds. The van der Waals surface area contributed by atoms with E-state index in [9.17, 15) is 4.79 Å². The minimum atomic E-state index is -0.710. The van der Waals surface area contributed by atoms with Gasteiger partial charge in [-0.25, -0.2) is 9.50 Å². The first-order chi connectivity index (χ1) is 10.1. The number of carboxylic acid groups (broad SMARTS) is 1. The van der Waals surface area contributed by atoms with Crippen molar-refractivity contribution in [2.24, 2.45) is 11.8 Å². The average Bonchev–Trinajstić information content (AvgIpc) is 2.94. The Morgan fingerprint density at radius 3 is 3.19 bits per heavy atom. The van der Waals surface area contributed by atoms with Crippen LogP contribution in [0.2, 0.25) is 0 Å². The van der Waals surface area contributed by atoms with Gasteiger partial charge in [0.25, 0.3) is 0 Å². The maximum Gasteiger partial charge on any atom is 0.303 e. The van der Waals surface area contributed by atoms with Crippen molar-refractivity contribution in [3.05, 3.63) is 24.5 Å². The van der Waals surface area contributed by atoms with E-state index in [1.807, 2.05) is 25.3 Å². The van der Waals surface area contributed by atoms with E-state index >= 15 is 0 Å². The smallest absolute Gasteiger partial charge is 0.303 e. The highest BCUT2D eigenvalue weighted by Gasteiger charge is 2.26. The molecule has 3 rings (SSSR count). The van der Waals surface area contributed by atoms with E-state index in [2.05, 4.69) is 15.0 Å². The molecule has 1 N–H and O–H groups in total. The van der Waals surface area contributed by atoms with Gasteiger partial charge in [0.2, 0.25) is 0 Å². The Morgan fingerprint density at radius 1 is 1.52 bits per heavy atom. The molecule has 0 radical (unpaired) electrons. The lowest BCUT2D eigenvalue weighted by Crippen LogP contribution is -2.38. The maximum absolute atomic E-state index is 10.9. The van der Waals surface area contributed by atoms with Gasteiger partial charge in [0.1, 0.15) is 5.82 Å². The Labute approximate surface area is 123 Å². The molecule has 1 aliphatic rings. The van der Waals surface area contributed by atoms with Crippen molar-refractivity contribution in [3.8, 4) is 0 Å². The van der Waals surface area contributed by atoms with Gasteiger partial charge >= 0.3 is 5.97 Å². The number of hydrogen-bond donors (Lipinski definition) is 1. The van der Waals surface area contributed by atoms with Gasteiger partial charge in [-0.15, -0.1) is 0 Å². The van der Waals surface area contributed by atoms with E-state index in [0.717, 1.165) is 37.4 Å². The first-order valence-corrected chi connectivity index (χ1v) is 7.40. The van der Waals surface area contributed by atoms with E-state index < -0.39 is 5.97 Å². The van der Waals surface area contributed by atoms with Crippen LogP contribution in [-0.2, 0) is 4.79 Å². The summed E-state index contributed by atoms with van der Waals surface area (Å²) in [6.45, 7) is 3.90. The Bertz CT molecular complexity index is 639. The highest BCUT2D eigenvalue weighted by atomic mass is 16.4. The summed E-state index contributed by atoms with van der Waals surface area (Å²) in [5, 5.41) is 13.1. The quantitative estimate of drug-likeness (QED) is 0.932. The Kier molecular flexibility index (Phi) is 3.77. The van der Waals surface area contributed by atoms with Crippen LogP contribution in [0, 0.1) is 11.8 Å². The minimum Gasteiger partial charge on any atom is -0.481 e. The SMILES string of the molecule is CC(CC(=O)O)C1CCCN(c2ccn3nccc3n2)C1. The van der Waals surface area contributed by atoms with Gasteiger partial charge in [0.15, 0.2) is 5.65 Å². The predicted molar refractivity (Wildman–Crippen MR) is 79.3 cm³/mol. The molecule has 6 nitrogen and oxygen atoms in total. The molecular weight excluding hydrogens is 268 g/mol. The van der Waals surface area contributed by atoms with E-state index in [1.54, 1.807) is 10.7 Å². The monoisotopic (exact) mass is 288 g/mol. The summed E-state index contributed by atoms with van der Waals surface area (Å²) in [5.41, 5.74) is 0.841. The van der Waals surface area contributed by atoms with Crippen LogP contribution in [0.4, 0.5) is 5.82 Å². The first-order valence-electron chi connectivity index (χ1n) is 7.40. The number of fused-ring (bicyclic) bond motifs is 1.